The second-order valence-corrected chi connectivity index (χ2v) is 5.62. The van der Waals surface area contributed by atoms with E-state index < -0.39 is 0 Å². The lowest BCUT2D eigenvalue weighted by Crippen LogP contribution is -2.32. The van der Waals surface area contributed by atoms with Crippen molar-refractivity contribution in [2.24, 2.45) is 5.92 Å². The zero-order valence-electron chi connectivity index (χ0n) is 11.7. The van der Waals surface area contributed by atoms with Gasteiger partial charge >= 0.3 is 0 Å². The largest absolute Gasteiger partial charge is 0.310 e. The highest BCUT2D eigenvalue weighted by atomic mass is 15.1. The maximum absolute atomic E-state index is 3.64. The summed E-state index contributed by atoms with van der Waals surface area (Å²) in [6.07, 6.45) is 4.07. The molecule has 1 aromatic carbocycles. The highest BCUT2D eigenvalue weighted by Crippen LogP contribution is 2.19. The third-order valence-electron chi connectivity index (χ3n) is 4.14. The molecule has 0 amide bonds. The Morgan fingerprint density at radius 3 is 2.56 bits per heavy atom. The van der Waals surface area contributed by atoms with Crippen LogP contribution in [0.1, 0.15) is 37.8 Å². The van der Waals surface area contributed by atoms with Gasteiger partial charge in [-0.15, -0.1) is 0 Å². The van der Waals surface area contributed by atoms with Crippen molar-refractivity contribution in [2.45, 2.75) is 32.2 Å². The summed E-state index contributed by atoms with van der Waals surface area (Å²) in [5.41, 5.74) is 1.39. The average Bonchev–Trinajstić information content (AvgIpc) is 2.42. The quantitative estimate of drug-likeness (QED) is 0.859. The molecule has 0 aliphatic carbocycles. The van der Waals surface area contributed by atoms with Crippen LogP contribution in [0.4, 0.5) is 0 Å². The van der Waals surface area contributed by atoms with E-state index >= 15 is 0 Å². The van der Waals surface area contributed by atoms with Crippen molar-refractivity contribution in [3.05, 3.63) is 35.9 Å². The third kappa shape index (κ3) is 4.11. The summed E-state index contributed by atoms with van der Waals surface area (Å²) < 4.78 is 0. The lowest BCUT2D eigenvalue weighted by atomic mass is 9.93. The van der Waals surface area contributed by atoms with E-state index in [4.69, 9.17) is 0 Å². The zero-order valence-corrected chi connectivity index (χ0v) is 11.7. The van der Waals surface area contributed by atoms with E-state index in [1.807, 2.05) is 0 Å². The zero-order chi connectivity index (χ0) is 12.8. The summed E-state index contributed by atoms with van der Waals surface area (Å²) in [6, 6.07) is 11.2. The van der Waals surface area contributed by atoms with Gasteiger partial charge in [0, 0.05) is 6.04 Å². The molecular formula is C16H26N2. The first-order valence-corrected chi connectivity index (χ1v) is 7.22. The molecule has 1 aliphatic heterocycles. The van der Waals surface area contributed by atoms with Crippen LogP contribution >= 0.6 is 0 Å². The van der Waals surface area contributed by atoms with Gasteiger partial charge in [-0.25, -0.2) is 0 Å². The molecule has 1 aliphatic rings. The number of rotatable bonds is 5. The third-order valence-corrected chi connectivity index (χ3v) is 4.14. The smallest absolute Gasteiger partial charge is 0.0291 e. The molecule has 0 spiro atoms. The van der Waals surface area contributed by atoms with E-state index in [1.54, 1.807) is 0 Å². The first-order valence-electron chi connectivity index (χ1n) is 7.22. The topological polar surface area (TPSA) is 15.3 Å². The molecule has 2 nitrogen and oxygen atoms in total. The molecular weight excluding hydrogens is 220 g/mol. The molecule has 1 aromatic rings. The fourth-order valence-corrected chi connectivity index (χ4v) is 2.71. The minimum Gasteiger partial charge on any atom is -0.310 e. The lowest BCUT2D eigenvalue weighted by molar-refractivity contribution is 0.211. The number of hydrogen-bond acceptors (Lipinski definition) is 2. The molecule has 1 N–H and O–H groups in total. The molecule has 1 heterocycles. The Bertz CT molecular complexity index is 328. The van der Waals surface area contributed by atoms with Gasteiger partial charge in [0.1, 0.15) is 0 Å². The molecule has 1 unspecified atom stereocenters. The Labute approximate surface area is 111 Å². The second kappa shape index (κ2) is 6.91. The van der Waals surface area contributed by atoms with Gasteiger partial charge in [0.2, 0.25) is 0 Å². The van der Waals surface area contributed by atoms with Crippen molar-refractivity contribution in [1.29, 1.82) is 0 Å². The van der Waals surface area contributed by atoms with Crippen LogP contribution in [0.5, 0.6) is 0 Å². The summed E-state index contributed by atoms with van der Waals surface area (Å²) in [7, 11) is 2.23. The normalized spacial score (nSPS) is 19.9. The van der Waals surface area contributed by atoms with Crippen LogP contribution in [-0.4, -0.2) is 31.6 Å². The van der Waals surface area contributed by atoms with Crippen LogP contribution in [0.25, 0.3) is 0 Å². The highest BCUT2D eigenvalue weighted by molar-refractivity contribution is 5.17. The monoisotopic (exact) mass is 246 g/mol. The highest BCUT2D eigenvalue weighted by Gasteiger charge is 2.16. The van der Waals surface area contributed by atoms with E-state index in [0.717, 1.165) is 12.5 Å². The predicted molar refractivity (Wildman–Crippen MR) is 77.7 cm³/mol. The number of nitrogens with zero attached hydrogens (tertiary/aromatic N) is 1. The summed E-state index contributed by atoms with van der Waals surface area (Å²) in [5.74, 6) is 0.927. The van der Waals surface area contributed by atoms with Crippen LogP contribution in [0.15, 0.2) is 30.3 Å². The van der Waals surface area contributed by atoms with E-state index in [-0.39, 0.29) is 0 Å². The van der Waals surface area contributed by atoms with Gasteiger partial charge in [-0.1, -0.05) is 30.3 Å². The van der Waals surface area contributed by atoms with Gasteiger partial charge in [-0.2, -0.15) is 0 Å². The van der Waals surface area contributed by atoms with Gasteiger partial charge in [0.25, 0.3) is 0 Å². The van der Waals surface area contributed by atoms with Crippen LogP contribution in [0.3, 0.4) is 0 Å². The van der Waals surface area contributed by atoms with Gasteiger partial charge in [-0.05, 0) is 64.3 Å². The molecule has 18 heavy (non-hydrogen) atoms. The first kappa shape index (κ1) is 13.6. The van der Waals surface area contributed by atoms with Crippen molar-refractivity contribution in [2.75, 3.05) is 26.7 Å². The van der Waals surface area contributed by atoms with Crippen LogP contribution in [-0.2, 0) is 0 Å². The van der Waals surface area contributed by atoms with E-state index in [1.165, 1.54) is 37.9 Å². The van der Waals surface area contributed by atoms with Crippen molar-refractivity contribution in [1.82, 2.24) is 10.2 Å². The molecule has 0 radical (unpaired) electrons. The fourth-order valence-electron chi connectivity index (χ4n) is 2.71. The molecule has 2 rings (SSSR count). The van der Waals surface area contributed by atoms with Gasteiger partial charge in [0.05, 0.1) is 0 Å². The summed E-state index contributed by atoms with van der Waals surface area (Å²) in [4.78, 5) is 2.44. The number of piperidine rings is 1. The van der Waals surface area contributed by atoms with Gasteiger partial charge < -0.3 is 10.2 Å². The van der Waals surface area contributed by atoms with Crippen molar-refractivity contribution in [3.63, 3.8) is 0 Å². The summed E-state index contributed by atoms with van der Waals surface area (Å²) >= 11 is 0. The minimum atomic E-state index is 0.470. The molecule has 1 saturated heterocycles. The second-order valence-electron chi connectivity index (χ2n) is 5.62. The first-order chi connectivity index (χ1) is 8.75. The number of hydrogen-bond donors (Lipinski definition) is 1. The van der Waals surface area contributed by atoms with E-state index in [0.29, 0.717) is 6.04 Å². The van der Waals surface area contributed by atoms with Crippen molar-refractivity contribution < 1.29 is 0 Å². The number of likely N-dealkylation sites (tertiary alicyclic amines) is 1. The lowest BCUT2D eigenvalue weighted by Gasteiger charge is -2.29. The van der Waals surface area contributed by atoms with Crippen molar-refractivity contribution in [3.8, 4) is 0 Å². The van der Waals surface area contributed by atoms with Gasteiger partial charge in [-0.3, -0.25) is 0 Å². The Kier molecular flexibility index (Phi) is 5.21. The average molecular weight is 246 g/mol. The number of benzene rings is 1. The summed E-state index contributed by atoms with van der Waals surface area (Å²) in [6.45, 7) is 5.95. The Hall–Kier alpha value is -0.860. The van der Waals surface area contributed by atoms with E-state index in [9.17, 15) is 0 Å². The SMILES string of the molecule is CC(NCCC1CCN(C)CC1)c1ccccc1. The summed E-state index contributed by atoms with van der Waals surface area (Å²) in [5, 5.41) is 3.64. The Morgan fingerprint density at radius 1 is 1.22 bits per heavy atom. The predicted octanol–water partition coefficient (Wildman–Crippen LogP) is 3.07. The molecule has 0 bridgehead atoms. The van der Waals surface area contributed by atoms with Crippen molar-refractivity contribution >= 4 is 0 Å². The van der Waals surface area contributed by atoms with Crippen LogP contribution in [0, 0.1) is 5.92 Å². The van der Waals surface area contributed by atoms with Crippen LogP contribution < -0.4 is 5.32 Å². The number of nitrogens with one attached hydrogen (secondary N) is 1. The van der Waals surface area contributed by atoms with Gasteiger partial charge in [0.15, 0.2) is 0 Å². The van der Waals surface area contributed by atoms with Crippen LogP contribution in [0.2, 0.25) is 0 Å². The molecule has 0 aromatic heterocycles. The van der Waals surface area contributed by atoms with E-state index in [2.05, 4.69) is 54.5 Å². The molecule has 0 saturated carbocycles. The Morgan fingerprint density at radius 2 is 1.89 bits per heavy atom. The standard InChI is InChI=1S/C16H26N2/c1-14(16-6-4-3-5-7-16)17-11-8-15-9-12-18(2)13-10-15/h3-7,14-15,17H,8-13H2,1-2H3. The Balaban J connectivity index is 1.66. The fraction of sp³-hybridized carbons (Fsp3) is 0.625. The molecule has 2 heteroatoms. The molecule has 1 fully saturated rings. The minimum absolute atomic E-state index is 0.470. The maximum atomic E-state index is 3.64. The molecule has 1 atom stereocenters. The maximum Gasteiger partial charge on any atom is 0.0291 e. The molecule has 100 valence electrons.